The van der Waals surface area contributed by atoms with Gasteiger partial charge in [0.25, 0.3) is 0 Å². The van der Waals surface area contributed by atoms with Gasteiger partial charge in [-0.25, -0.2) is 0 Å². The molecule has 0 nitrogen and oxygen atoms in total. The molecule has 0 aromatic carbocycles. The number of halogens is 6. The maximum absolute atomic E-state index is 5.41. The number of allylic oxidation sites excluding steroid dienone is 4. The zero-order valence-corrected chi connectivity index (χ0v) is 26.4. The minimum absolute atomic E-state index is 0.314. The Bertz CT molecular complexity index is 425. The van der Waals surface area contributed by atoms with Crippen LogP contribution in [0.1, 0.15) is 34.6 Å². The fraction of sp³-hybridized carbons (Fsp3) is 0.750. The number of hydrogen-bond donors (Lipinski definition) is 0. The van der Waals surface area contributed by atoms with E-state index in [-0.39, 0.29) is 0 Å². The van der Waals surface area contributed by atoms with Crippen molar-refractivity contribution in [2.75, 3.05) is 40.0 Å². The third-order valence-corrected chi connectivity index (χ3v) is 4.62. The van der Waals surface area contributed by atoms with E-state index in [1.165, 1.54) is 20.6 Å². The van der Waals surface area contributed by atoms with Crippen molar-refractivity contribution in [2.24, 2.45) is 5.41 Å². The average molecular weight is 579 g/mol. The summed E-state index contributed by atoms with van der Waals surface area (Å²) >= 11 is 34.7. The van der Waals surface area contributed by atoms with Crippen LogP contribution < -0.4 is 0 Å². The zero-order chi connectivity index (χ0) is 22.3. The van der Waals surface area contributed by atoms with Gasteiger partial charge in [-0.1, -0.05) is 0 Å². The molecule has 0 amide bonds. The van der Waals surface area contributed by atoms with Gasteiger partial charge in [-0.05, 0) is 0 Å². The van der Waals surface area contributed by atoms with Crippen molar-refractivity contribution >= 4 is 85.3 Å². The van der Waals surface area contributed by atoms with Crippen LogP contribution in [0.2, 0.25) is 0 Å². The van der Waals surface area contributed by atoms with E-state index in [4.69, 9.17) is 67.4 Å². The molecule has 0 bridgehead atoms. The number of rotatable bonds is 0. The Morgan fingerprint density at radius 1 is 0.615 bits per heavy atom. The van der Waals surface area contributed by atoms with Crippen LogP contribution in [0.15, 0.2) is 20.6 Å². The summed E-state index contributed by atoms with van der Waals surface area (Å²) in [4.78, 5) is 0. The van der Waals surface area contributed by atoms with Gasteiger partial charge in [0.05, 0.1) is 0 Å². The van der Waals surface area contributed by atoms with Gasteiger partial charge in [0, 0.05) is 0 Å². The molecule has 0 saturated carbocycles. The van der Waals surface area contributed by atoms with Crippen molar-refractivity contribution in [3.63, 3.8) is 0 Å². The van der Waals surface area contributed by atoms with Gasteiger partial charge in [-0.2, -0.15) is 0 Å². The van der Waals surface area contributed by atoms with E-state index in [1.807, 2.05) is 40.0 Å². The second-order valence-corrected chi connectivity index (χ2v) is 32.1. The van der Waals surface area contributed by atoms with Gasteiger partial charge < -0.3 is 0 Å². The first-order valence-electron chi connectivity index (χ1n) is 7.70. The van der Waals surface area contributed by atoms with Gasteiger partial charge in [0.1, 0.15) is 0 Å². The van der Waals surface area contributed by atoms with Crippen LogP contribution in [0.4, 0.5) is 0 Å². The van der Waals surface area contributed by atoms with E-state index in [9.17, 15) is 0 Å². The Labute approximate surface area is 204 Å². The van der Waals surface area contributed by atoms with Gasteiger partial charge in [-0.15, -0.1) is 0 Å². The van der Waals surface area contributed by atoms with Crippen molar-refractivity contribution in [2.45, 2.75) is 34.6 Å². The van der Waals surface area contributed by atoms with Crippen molar-refractivity contribution in [3.05, 3.63) is 20.6 Å². The summed E-state index contributed by atoms with van der Waals surface area (Å²) in [6.45, 7) is 22.3. The molecular weight excluding hydrogens is 546 g/mol. The molecule has 0 saturated heterocycles. The van der Waals surface area contributed by atoms with E-state index < -0.39 is 17.9 Å². The van der Waals surface area contributed by atoms with Crippen LogP contribution in [0.3, 0.4) is 0 Å². The Balaban J connectivity index is -0.000000300. The molecule has 0 N–H and O–H groups in total. The third-order valence-electron chi connectivity index (χ3n) is 3.06. The van der Waals surface area contributed by atoms with Crippen molar-refractivity contribution < 1.29 is 20.4 Å². The predicted octanol–water partition coefficient (Wildman–Crippen LogP) is 10.9. The van der Waals surface area contributed by atoms with E-state index in [1.54, 1.807) is 0 Å². The van der Waals surface area contributed by atoms with Crippen LogP contribution >= 0.6 is 85.3 Å². The Morgan fingerprint density at radius 2 is 0.808 bits per heavy atom. The zero-order valence-electron chi connectivity index (χ0n) is 17.6. The van der Waals surface area contributed by atoms with Crippen molar-refractivity contribution in [1.29, 1.82) is 0 Å². The quantitative estimate of drug-likeness (QED) is 0.198. The van der Waals surface area contributed by atoms with Gasteiger partial charge in [0.2, 0.25) is 0 Å². The second kappa shape index (κ2) is 13.6. The molecule has 0 fully saturated rings. The van der Waals surface area contributed by atoms with Crippen LogP contribution in [0, 0.1) is 5.41 Å². The molecule has 0 aromatic heterocycles. The Kier molecular flexibility index (Phi) is 17.7. The van der Waals surface area contributed by atoms with Crippen molar-refractivity contribution in [3.8, 4) is 0 Å². The maximum atomic E-state index is 5.41. The molecule has 0 radical (unpaired) electrons. The van der Waals surface area contributed by atoms with Crippen molar-refractivity contribution in [1.82, 2.24) is 0 Å². The first kappa shape index (κ1) is 33.9. The summed E-state index contributed by atoms with van der Waals surface area (Å²) in [6, 6.07) is 0. The molecule has 0 spiro atoms. The van der Waals surface area contributed by atoms with Gasteiger partial charge in [-0.3, -0.25) is 0 Å². The molecule has 0 unspecified atom stereocenters. The number of hydrogen-bond acceptors (Lipinski definition) is 0. The molecule has 0 heterocycles. The first-order valence-corrected chi connectivity index (χ1v) is 22.0. The molecule has 0 atom stereocenters. The minimum atomic E-state index is -1.44. The summed E-state index contributed by atoms with van der Waals surface area (Å²) in [5, 5.41) is 0. The normalized spacial score (nSPS) is 18.7. The molecule has 1 rings (SSSR count). The van der Waals surface area contributed by atoms with Crippen LogP contribution in [-0.4, -0.2) is 40.0 Å². The molecule has 158 valence electrons. The van der Waals surface area contributed by atoms with E-state index in [0.717, 1.165) is 0 Å². The van der Waals surface area contributed by atoms with E-state index in [0.29, 0.717) is 5.41 Å². The summed E-state index contributed by atoms with van der Waals surface area (Å²) in [5.41, 5.74) is 4.83. The molecule has 0 aromatic rings. The van der Waals surface area contributed by atoms with Crippen LogP contribution in [0.25, 0.3) is 0 Å². The molecular formula is C16H33Cl6P3Ti. The monoisotopic (exact) mass is 576 g/mol. The summed E-state index contributed by atoms with van der Waals surface area (Å²) in [6.07, 6.45) is 0. The van der Waals surface area contributed by atoms with Crippen LogP contribution in [0.5, 0.6) is 0 Å². The molecule has 26 heavy (non-hydrogen) atoms. The molecule has 1 aliphatic carbocycles. The van der Waals surface area contributed by atoms with Crippen LogP contribution in [-0.2, 0) is 20.4 Å². The molecule has 10 heteroatoms. The summed E-state index contributed by atoms with van der Waals surface area (Å²) in [5.74, 6) is -4.33. The Morgan fingerprint density at radius 3 is 0.846 bits per heavy atom. The second-order valence-electron chi connectivity index (χ2n) is 7.44. The summed E-state index contributed by atoms with van der Waals surface area (Å²) < 4.78 is 1.53. The third kappa shape index (κ3) is 25.3. The van der Waals surface area contributed by atoms with Gasteiger partial charge in [0.15, 0.2) is 0 Å². The predicted molar refractivity (Wildman–Crippen MR) is 136 cm³/mol. The fourth-order valence-electron chi connectivity index (χ4n) is 1.59. The summed E-state index contributed by atoms with van der Waals surface area (Å²) in [7, 11) is 0. The SMILES string of the molecule is CC1=C(C)C(C)(C)[C]([Ti+3])=C1C.C[P-](C)(Cl)Cl.C[P-](C)(Cl)Cl.C[P-](C)(Cl)Cl. The Hall–Kier alpha value is 3.22. The van der Waals surface area contributed by atoms with Gasteiger partial charge >= 0.3 is 206 Å². The van der Waals surface area contributed by atoms with E-state index >= 15 is 0 Å². The van der Waals surface area contributed by atoms with E-state index in [2.05, 4.69) is 55.1 Å². The average Bonchev–Trinajstić information content (AvgIpc) is 2.39. The topological polar surface area (TPSA) is 0 Å². The molecule has 0 aliphatic heterocycles. The fourth-order valence-corrected chi connectivity index (χ4v) is 2.18. The standard InChI is InChI=1S/C10H15.3C2H6Cl2P.Ti/c1-7-6-10(4,5)9(3)8(7)2;3*1-5(2,3)4;/h1-5H3;3*1-2H3;/q;3*-1;+3. The first-order chi connectivity index (χ1) is 10.9. The molecule has 1 aliphatic rings.